The molecule has 2 rings (SSSR count). The molecule has 0 unspecified atom stereocenters. The van der Waals surface area contributed by atoms with Gasteiger partial charge in [-0.15, -0.1) is 0 Å². The Morgan fingerprint density at radius 3 is 2.46 bits per heavy atom. The van der Waals surface area contributed by atoms with Crippen molar-refractivity contribution in [2.75, 3.05) is 13.7 Å². The van der Waals surface area contributed by atoms with Gasteiger partial charge in [0.25, 0.3) is 5.91 Å². The third kappa shape index (κ3) is 5.20. The van der Waals surface area contributed by atoms with Crippen LogP contribution in [0, 0.1) is 5.82 Å². The molecule has 7 heteroatoms. The number of hydrogen-bond acceptors (Lipinski definition) is 3. The monoisotopic (exact) mass is 378 g/mol. The summed E-state index contributed by atoms with van der Waals surface area (Å²) >= 11 is 6.17. The van der Waals surface area contributed by atoms with Crippen molar-refractivity contribution in [1.82, 2.24) is 10.2 Å². The first-order valence-corrected chi connectivity index (χ1v) is 8.43. The smallest absolute Gasteiger partial charge is 0.261 e. The van der Waals surface area contributed by atoms with Crippen LogP contribution in [0.4, 0.5) is 4.39 Å². The summed E-state index contributed by atoms with van der Waals surface area (Å²) in [6.07, 6.45) is 0. The number of halogens is 2. The first-order chi connectivity index (χ1) is 12.4. The van der Waals surface area contributed by atoms with Gasteiger partial charge < -0.3 is 15.0 Å². The summed E-state index contributed by atoms with van der Waals surface area (Å²) in [6.45, 7) is 1.52. The van der Waals surface area contributed by atoms with E-state index in [1.807, 2.05) is 6.07 Å². The Hall–Kier alpha value is -2.60. The highest BCUT2D eigenvalue weighted by atomic mass is 35.5. The van der Waals surface area contributed by atoms with Gasteiger partial charge in [-0.1, -0.05) is 29.8 Å². The fourth-order valence-corrected chi connectivity index (χ4v) is 2.56. The van der Waals surface area contributed by atoms with Crippen molar-refractivity contribution in [3.8, 4) is 5.75 Å². The number of carbonyl (C=O) groups is 2. The average Bonchev–Trinajstić information content (AvgIpc) is 2.65. The Labute approximate surface area is 156 Å². The van der Waals surface area contributed by atoms with E-state index in [1.54, 1.807) is 25.1 Å². The van der Waals surface area contributed by atoms with Gasteiger partial charge in [-0.25, -0.2) is 4.39 Å². The van der Waals surface area contributed by atoms with E-state index >= 15 is 0 Å². The van der Waals surface area contributed by atoms with Gasteiger partial charge >= 0.3 is 0 Å². The number of ether oxygens (including phenoxy) is 1. The fourth-order valence-electron chi connectivity index (χ4n) is 2.36. The number of nitrogens with zero attached hydrogens (tertiary/aromatic N) is 1. The van der Waals surface area contributed by atoms with Crippen LogP contribution in [0.15, 0.2) is 48.5 Å². The van der Waals surface area contributed by atoms with Crippen LogP contribution in [0.25, 0.3) is 0 Å². The quantitative estimate of drug-likeness (QED) is 0.805. The molecule has 2 amide bonds. The van der Waals surface area contributed by atoms with Crippen molar-refractivity contribution < 1.29 is 18.7 Å². The molecular weight excluding hydrogens is 359 g/mol. The second-order valence-corrected chi connectivity index (χ2v) is 6.05. The fraction of sp³-hybridized carbons (Fsp3) is 0.263. The molecule has 138 valence electrons. The minimum atomic E-state index is -0.708. The standard InChI is InChI=1S/C19H20ClFN2O3/c1-13(19(25)22-2)23(11-14-5-3-4-6-17(14)20)18(24)12-26-16-9-7-15(21)8-10-16/h3-10,13H,11-12H2,1-2H3,(H,22,25)/t13-/m0/s1. The van der Waals surface area contributed by atoms with Gasteiger partial charge in [0.05, 0.1) is 0 Å². The topological polar surface area (TPSA) is 58.6 Å². The molecule has 1 atom stereocenters. The van der Waals surface area contributed by atoms with Crippen LogP contribution in [0.5, 0.6) is 5.75 Å². The van der Waals surface area contributed by atoms with Gasteiger partial charge in [0.2, 0.25) is 5.91 Å². The second kappa shape index (κ2) is 9.20. The Balaban J connectivity index is 2.13. The molecule has 1 N–H and O–H groups in total. The van der Waals surface area contributed by atoms with Gasteiger partial charge in [0.1, 0.15) is 17.6 Å². The van der Waals surface area contributed by atoms with Crippen molar-refractivity contribution in [2.24, 2.45) is 0 Å². The molecule has 0 saturated carbocycles. The highest BCUT2D eigenvalue weighted by molar-refractivity contribution is 6.31. The molecule has 0 saturated heterocycles. The van der Waals surface area contributed by atoms with E-state index in [-0.39, 0.29) is 25.0 Å². The van der Waals surface area contributed by atoms with E-state index in [2.05, 4.69) is 5.32 Å². The normalized spacial score (nSPS) is 11.5. The first-order valence-electron chi connectivity index (χ1n) is 8.05. The molecule has 0 aliphatic carbocycles. The molecule has 0 fully saturated rings. The van der Waals surface area contributed by atoms with Crippen LogP contribution in [0.3, 0.4) is 0 Å². The molecular formula is C19H20ClFN2O3. The number of nitrogens with one attached hydrogen (secondary N) is 1. The number of likely N-dealkylation sites (N-methyl/N-ethyl adjacent to an activating group) is 1. The minimum absolute atomic E-state index is 0.167. The van der Waals surface area contributed by atoms with Crippen LogP contribution in [0.1, 0.15) is 12.5 Å². The lowest BCUT2D eigenvalue weighted by molar-refractivity contribution is -0.142. The summed E-state index contributed by atoms with van der Waals surface area (Å²) in [5.74, 6) is -0.708. The van der Waals surface area contributed by atoms with Crippen molar-refractivity contribution in [3.05, 3.63) is 64.9 Å². The summed E-state index contributed by atoms with van der Waals surface area (Å²) < 4.78 is 18.4. The number of benzene rings is 2. The maximum Gasteiger partial charge on any atom is 0.261 e. The maximum atomic E-state index is 12.9. The molecule has 0 radical (unpaired) electrons. The molecule has 2 aromatic carbocycles. The Kier molecular flexibility index (Phi) is 6.97. The van der Waals surface area contributed by atoms with E-state index in [1.165, 1.54) is 36.2 Å². The molecule has 0 aliphatic heterocycles. The van der Waals surface area contributed by atoms with Crippen LogP contribution in [0.2, 0.25) is 5.02 Å². The highest BCUT2D eigenvalue weighted by Crippen LogP contribution is 2.19. The molecule has 0 bridgehead atoms. The maximum absolute atomic E-state index is 12.9. The molecule has 0 spiro atoms. The molecule has 0 aromatic heterocycles. The number of hydrogen-bond donors (Lipinski definition) is 1. The lowest BCUT2D eigenvalue weighted by atomic mass is 10.1. The number of rotatable bonds is 7. The van der Waals surface area contributed by atoms with E-state index in [0.717, 1.165) is 5.56 Å². The predicted molar refractivity (Wildman–Crippen MR) is 97.4 cm³/mol. The van der Waals surface area contributed by atoms with Crippen molar-refractivity contribution in [1.29, 1.82) is 0 Å². The zero-order valence-corrected chi connectivity index (χ0v) is 15.3. The van der Waals surface area contributed by atoms with Crippen molar-refractivity contribution >= 4 is 23.4 Å². The van der Waals surface area contributed by atoms with Crippen LogP contribution < -0.4 is 10.1 Å². The van der Waals surface area contributed by atoms with Gasteiger partial charge in [-0.2, -0.15) is 0 Å². The Morgan fingerprint density at radius 1 is 1.19 bits per heavy atom. The molecule has 5 nitrogen and oxygen atoms in total. The largest absolute Gasteiger partial charge is 0.484 e. The van der Waals surface area contributed by atoms with Gasteiger partial charge in [-0.05, 0) is 42.8 Å². The lowest BCUT2D eigenvalue weighted by Crippen LogP contribution is -2.48. The van der Waals surface area contributed by atoms with E-state index in [4.69, 9.17) is 16.3 Å². The summed E-state index contributed by atoms with van der Waals surface area (Å²) in [7, 11) is 1.51. The molecule has 2 aromatic rings. The van der Waals surface area contributed by atoms with Crippen molar-refractivity contribution in [3.63, 3.8) is 0 Å². The third-order valence-electron chi connectivity index (χ3n) is 3.89. The Bertz CT molecular complexity index is 768. The molecule has 26 heavy (non-hydrogen) atoms. The third-order valence-corrected chi connectivity index (χ3v) is 4.26. The summed E-state index contributed by atoms with van der Waals surface area (Å²) in [4.78, 5) is 26.1. The van der Waals surface area contributed by atoms with Gasteiger partial charge in [0, 0.05) is 18.6 Å². The summed E-state index contributed by atoms with van der Waals surface area (Å²) in [5, 5.41) is 3.04. The first kappa shape index (κ1) is 19.7. The van der Waals surface area contributed by atoms with Crippen LogP contribution in [-0.4, -0.2) is 36.4 Å². The second-order valence-electron chi connectivity index (χ2n) is 5.65. The van der Waals surface area contributed by atoms with Gasteiger partial charge in [0.15, 0.2) is 6.61 Å². The number of carbonyl (C=O) groups excluding carboxylic acids is 2. The average molecular weight is 379 g/mol. The SMILES string of the molecule is CNC(=O)[C@H](C)N(Cc1ccccc1Cl)C(=O)COc1ccc(F)cc1. The zero-order valence-electron chi connectivity index (χ0n) is 14.5. The summed E-state index contributed by atoms with van der Waals surface area (Å²) in [6, 6.07) is 11.8. The predicted octanol–water partition coefficient (Wildman–Crippen LogP) is 3.02. The van der Waals surface area contributed by atoms with E-state index in [9.17, 15) is 14.0 Å². The molecule has 0 heterocycles. The Morgan fingerprint density at radius 2 is 1.85 bits per heavy atom. The van der Waals surface area contributed by atoms with E-state index < -0.39 is 11.9 Å². The highest BCUT2D eigenvalue weighted by Gasteiger charge is 2.26. The number of amides is 2. The van der Waals surface area contributed by atoms with Crippen molar-refractivity contribution in [2.45, 2.75) is 19.5 Å². The minimum Gasteiger partial charge on any atom is -0.484 e. The van der Waals surface area contributed by atoms with Crippen LogP contribution >= 0.6 is 11.6 Å². The summed E-state index contributed by atoms with van der Waals surface area (Å²) in [5.41, 5.74) is 0.722. The molecule has 0 aliphatic rings. The zero-order chi connectivity index (χ0) is 19.1. The van der Waals surface area contributed by atoms with E-state index in [0.29, 0.717) is 10.8 Å². The van der Waals surface area contributed by atoms with Gasteiger partial charge in [-0.3, -0.25) is 9.59 Å². The van der Waals surface area contributed by atoms with Crippen LogP contribution in [-0.2, 0) is 16.1 Å². The lowest BCUT2D eigenvalue weighted by Gasteiger charge is -2.28.